The number of pyridine rings is 2. The standard InChI is InChI=1S/C36H41ClF2N6O8S/c1-6-19-15-36(19,33(48)44-54(49,50)23-9-10-23)43-30(46)26-14-22(52-31-25-13-20(37)7-11-24(25)27(51-5)17-41-31)18-45(26)32(47)29(35(2,3)4)42-21-8-12-28(40-16-21)53-34(38)39/h6-8,11-13,16-17,19,22-23,26,29,34,42H,1,9-10,14-15,18H2,2-5H3,(H,43,46)(H,44,48)/t19-,22-,26+,29+,36-/m1/s1. The minimum absolute atomic E-state index is 0.0255. The van der Waals surface area contributed by atoms with Gasteiger partial charge in [0.2, 0.25) is 33.6 Å². The normalized spacial score (nSPS) is 23.0. The van der Waals surface area contributed by atoms with Crippen LogP contribution in [0.2, 0.25) is 5.02 Å². The Bertz CT molecular complexity index is 2060. The fraction of sp³-hybridized carbons (Fsp3) is 0.472. The van der Waals surface area contributed by atoms with Gasteiger partial charge in [-0.2, -0.15) is 8.78 Å². The topological polar surface area (TPSA) is 178 Å². The van der Waals surface area contributed by atoms with Crippen molar-refractivity contribution in [3.8, 4) is 17.5 Å². The average Bonchev–Trinajstić information content (AvgIpc) is 4.04. The highest BCUT2D eigenvalue weighted by Gasteiger charge is 2.62. The summed E-state index contributed by atoms with van der Waals surface area (Å²) in [6.07, 6.45) is 4.38. The van der Waals surface area contributed by atoms with Crippen LogP contribution in [0.15, 0.2) is 55.4 Å². The number of hydrogen-bond donors (Lipinski definition) is 3. The van der Waals surface area contributed by atoms with Gasteiger partial charge in [0.25, 0.3) is 5.91 Å². The number of carbonyl (C=O) groups is 3. The first-order valence-electron chi connectivity index (χ1n) is 17.2. The van der Waals surface area contributed by atoms with Crippen molar-refractivity contribution in [2.24, 2.45) is 11.3 Å². The molecule has 54 heavy (non-hydrogen) atoms. The summed E-state index contributed by atoms with van der Waals surface area (Å²) in [6.45, 7) is 6.02. The van der Waals surface area contributed by atoms with E-state index in [1.165, 1.54) is 42.6 Å². The second-order valence-corrected chi connectivity index (χ2v) is 17.1. The van der Waals surface area contributed by atoms with Crippen LogP contribution < -0.4 is 29.6 Å². The van der Waals surface area contributed by atoms with Crippen molar-refractivity contribution < 1.29 is 45.8 Å². The van der Waals surface area contributed by atoms with Crippen molar-refractivity contribution >= 4 is 55.8 Å². The molecule has 14 nitrogen and oxygen atoms in total. The van der Waals surface area contributed by atoms with E-state index in [1.54, 1.807) is 39.0 Å². The van der Waals surface area contributed by atoms with Crippen LogP contribution in [0, 0.1) is 11.3 Å². The van der Waals surface area contributed by atoms with Gasteiger partial charge < -0.3 is 29.7 Å². The summed E-state index contributed by atoms with van der Waals surface area (Å²) in [6, 6.07) is 5.60. The number of anilines is 1. The molecule has 3 aromatic rings. The number of nitrogens with one attached hydrogen (secondary N) is 3. The molecular formula is C36H41ClF2N6O8S. The highest BCUT2D eigenvalue weighted by Crippen LogP contribution is 2.46. The Morgan fingerprint density at radius 3 is 2.44 bits per heavy atom. The molecule has 3 N–H and O–H groups in total. The largest absolute Gasteiger partial charge is 0.494 e. The van der Waals surface area contributed by atoms with Crippen molar-refractivity contribution in [2.75, 3.05) is 19.0 Å². The van der Waals surface area contributed by atoms with Crippen LogP contribution in [0.1, 0.15) is 46.5 Å². The molecular weight excluding hydrogens is 750 g/mol. The Morgan fingerprint density at radius 2 is 1.85 bits per heavy atom. The molecule has 18 heteroatoms. The molecule has 290 valence electrons. The van der Waals surface area contributed by atoms with E-state index in [2.05, 4.69) is 36.6 Å². The number of aromatic nitrogens is 2. The van der Waals surface area contributed by atoms with Crippen molar-refractivity contribution in [2.45, 2.75) is 82.0 Å². The van der Waals surface area contributed by atoms with Crippen molar-refractivity contribution in [1.29, 1.82) is 0 Å². The third-order valence-electron chi connectivity index (χ3n) is 9.74. The smallest absolute Gasteiger partial charge is 0.388 e. The zero-order valence-corrected chi connectivity index (χ0v) is 31.5. The molecule has 1 aromatic carbocycles. The number of sulfonamides is 1. The van der Waals surface area contributed by atoms with Crippen LogP contribution in [-0.4, -0.2) is 90.2 Å². The third-order valence-corrected chi connectivity index (χ3v) is 11.8. The lowest BCUT2D eigenvalue weighted by atomic mass is 9.85. The van der Waals surface area contributed by atoms with E-state index in [0.29, 0.717) is 40.1 Å². The van der Waals surface area contributed by atoms with Gasteiger partial charge in [-0.25, -0.2) is 18.4 Å². The first-order valence-corrected chi connectivity index (χ1v) is 19.2. The fourth-order valence-corrected chi connectivity index (χ4v) is 8.12. The van der Waals surface area contributed by atoms with Gasteiger partial charge in [0.15, 0.2) is 0 Å². The zero-order chi connectivity index (χ0) is 39.2. The predicted molar refractivity (Wildman–Crippen MR) is 195 cm³/mol. The molecule has 2 saturated carbocycles. The molecule has 3 fully saturated rings. The van der Waals surface area contributed by atoms with E-state index in [9.17, 15) is 31.6 Å². The summed E-state index contributed by atoms with van der Waals surface area (Å²) < 4.78 is 69.2. The number of hydrogen-bond acceptors (Lipinski definition) is 11. The zero-order valence-electron chi connectivity index (χ0n) is 30.0. The quantitative estimate of drug-likeness (QED) is 0.197. The maximum atomic E-state index is 14.6. The van der Waals surface area contributed by atoms with Crippen molar-refractivity contribution in [3.63, 3.8) is 0 Å². The molecule has 5 atom stereocenters. The predicted octanol–water partition coefficient (Wildman–Crippen LogP) is 4.44. The van der Waals surface area contributed by atoms with Gasteiger partial charge in [-0.3, -0.25) is 19.1 Å². The molecule has 3 amide bonds. The number of fused-ring (bicyclic) bond motifs is 1. The van der Waals surface area contributed by atoms with Crippen LogP contribution >= 0.6 is 11.6 Å². The summed E-state index contributed by atoms with van der Waals surface area (Å²) in [5.74, 6) is -2.29. The molecule has 3 aliphatic rings. The Kier molecular flexibility index (Phi) is 10.7. The number of nitrogens with zero attached hydrogens (tertiary/aromatic N) is 3. The van der Waals surface area contributed by atoms with Crippen LogP contribution in [0.4, 0.5) is 14.5 Å². The molecule has 1 aliphatic heterocycles. The first-order chi connectivity index (χ1) is 25.4. The van der Waals surface area contributed by atoms with Gasteiger partial charge in [0.05, 0.1) is 37.0 Å². The first kappa shape index (κ1) is 38.9. The molecule has 3 heterocycles. The number of alkyl halides is 2. The van der Waals surface area contributed by atoms with Crippen molar-refractivity contribution in [1.82, 2.24) is 24.9 Å². The van der Waals surface area contributed by atoms with E-state index < -0.39 is 74.7 Å². The average molecular weight is 791 g/mol. The van der Waals surface area contributed by atoms with Gasteiger partial charge >= 0.3 is 6.61 Å². The van der Waals surface area contributed by atoms with Gasteiger partial charge in [-0.05, 0) is 48.9 Å². The molecule has 0 spiro atoms. The number of amides is 3. The van der Waals surface area contributed by atoms with E-state index in [1.807, 2.05) is 0 Å². The lowest BCUT2D eigenvalue weighted by molar-refractivity contribution is -0.141. The van der Waals surface area contributed by atoms with E-state index in [-0.39, 0.29) is 31.1 Å². The molecule has 0 bridgehead atoms. The summed E-state index contributed by atoms with van der Waals surface area (Å²) in [4.78, 5) is 52.1. The Labute approximate surface area is 316 Å². The van der Waals surface area contributed by atoms with Crippen LogP contribution in [0.3, 0.4) is 0 Å². The Morgan fingerprint density at radius 1 is 1.11 bits per heavy atom. The second-order valence-electron chi connectivity index (χ2n) is 14.7. The third kappa shape index (κ3) is 8.16. The highest BCUT2D eigenvalue weighted by molar-refractivity contribution is 7.91. The van der Waals surface area contributed by atoms with Gasteiger partial charge in [-0.15, -0.1) is 6.58 Å². The lowest BCUT2D eigenvalue weighted by Gasteiger charge is -2.36. The molecule has 2 aromatic heterocycles. The van der Waals surface area contributed by atoms with Gasteiger partial charge in [0, 0.05) is 34.2 Å². The summed E-state index contributed by atoms with van der Waals surface area (Å²) in [7, 11) is -2.43. The number of ether oxygens (including phenoxy) is 3. The lowest BCUT2D eigenvalue weighted by Crippen LogP contribution is -2.58. The van der Waals surface area contributed by atoms with E-state index in [0.717, 1.165) is 0 Å². The molecule has 1 saturated heterocycles. The number of halogens is 3. The molecule has 6 rings (SSSR count). The van der Waals surface area contributed by atoms with Gasteiger partial charge in [-0.1, -0.05) is 38.4 Å². The van der Waals surface area contributed by atoms with Crippen molar-refractivity contribution in [3.05, 3.63) is 60.4 Å². The monoisotopic (exact) mass is 790 g/mol. The minimum atomic E-state index is -3.93. The number of likely N-dealkylation sites (tertiary alicyclic amines) is 1. The molecule has 0 unspecified atom stereocenters. The van der Waals surface area contributed by atoms with Crippen LogP contribution in [-0.2, 0) is 24.4 Å². The SMILES string of the molecule is C=C[C@@H]1C[C@]1(NC(=O)[C@@H]1C[C@@H](Oc2ncc(OC)c3ccc(Cl)cc23)CN1C(=O)[C@H](Nc1ccc(OC(F)F)nc1)C(C)(C)C)C(=O)NS(=O)(=O)C1CC1. The fourth-order valence-electron chi connectivity index (χ4n) is 6.58. The number of benzene rings is 1. The summed E-state index contributed by atoms with van der Waals surface area (Å²) in [5, 5.41) is 6.85. The molecule has 0 radical (unpaired) electrons. The molecule has 2 aliphatic carbocycles. The second kappa shape index (κ2) is 14.8. The summed E-state index contributed by atoms with van der Waals surface area (Å²) >= 11 is 6.33. The number of carbonyl (C=O) groups excluding carboxylic acids is 3. The maximum absolute atomic E-state index is 14.6. The van der Waals surface area contributed by atoms with Gasteiger partial charge in [0.1, 0.15) is 29.5 Å². The van der Waals surface area contributed by atoms with E-state index >= 15 is 0 Å². The minimum Gasteiger partial charge on any atom is -0.494 e. The van der Waals surface area contributed by atoms with Crippen LogP contribution in [0.5, 0.6) is 17.5 Å². The highest BCUT2D eigenvalue weighted by atomic mass is 35.5. The Balaban J connectivity index is 1.31. The van der Waals surface area contributed by atoms with E-state index in [4.69, 9.17) is 21.1 Å². The number of rotatable bonds is 14. The maximum Gasteiger partial charge on any atom is 0.388 e. The summed E-state index contributed by atoms with van der Waals surface area (Å²) in [5.41, 5.74) is -2.04. The number of methoxy groups -OCH3 is 1. The Hall–Kier alpha value is -4.77. The van der Waals surface area contributed by atoms with Crippen LogP contribution in [0.25, 0.3) is 10.8 Å².